The molecule has 0 radical (unpaired) electrons. The van der Waals surface area contributed by atoms with Gasteiger partial charge in [0.15, 0.2) is 0 Å². The van der Waals surface area contributed by atoms with Crippen LogP contribution in [0.3, 0.4) is 0 Å². The zero-order valence-corrected chi connectivity index (χ0v) is 17.4. The van der Waals surface area contributed by atoms with Gasteiger partial charge in [-0.25, -0.2) is 0 Å². The van der Waals surface area contributed by atoms with Crippen LogP contribution in [0, 0.1) is 0 Å². The van der Waals surface area contributed by atoms with Gasteiger partial charge >= 0.3 is 0 Å². The summed E-state index contributed by atoms with van der Waals surface area (Å²) in [4.78, 5) is 27.0. The van der Waals surface area contributed by atoms with E-state index >= 15 is 0 Å². The number of benzene rings is 2. The van der Waals surface area contributed by atoms with Crippen molar-refractivity contribution < 1.29 is 9.59 Å². The number of nitrogens with zero attached hydrogens (tertiary/aromatic N) is 1. The maximum absolute atomic E-state index is 13.1. The highest BCUT2D eigenvalue weighted by molar-refractivity contribution is 6.35. The van der Waals surface area contributed by atoms with Crippen molar-refractivity contribution in [2.45, 2.75) is 32.4 Å². The third-order valence-electron chi connectivity index (χ3n) is 4.23. The summed E-state index contributed by atoms with van der Waals surface area (Å²) in [5.41, 5.74) is 1.51. The number of rotatable bonds is 7. The quantitative estimate of drug-likeness (QED) is 0.693. The number of hydrogen-bond donors (Lipinski definition) is 1. The number of nitrogens with one attached hydrogen (secondary N) is 1. The summed E-state index contributed by atoms with van der Waals surface area (Å²) in [5.74, 6) is -0.402. The van der Waals surface area contributed by atoms with E-state index in [9.17, 15) is 9.59 Å². The summed E-state index contributed by atoms with van der Waals surface area (Å²) in [6.45, 7) is 2.07. The third kappa shape index (κ3) is 5.86. The van der Waals surface area contributed by atoms with Crippen molar-refractivity contribution in [3.8, 4) is 0 Å². The van der Waals surface area contributed by atoms with E-state index in [1.165, 1.54) is 0 Å². The van der Waals surface area contributed by atoms with Crippen molar-refractivity contribution in [2.24, 2.45) is 0 Å². The molecule has 0 aliphatic rings. The topological polar surface area (TPSA) is 49.4 Å². The van der Waals surface area contributed by atoms with E-state index in [1.807, 2.05) is 13.0 Å². The van der Waals surface area contributed by atoms with Gasteiger partial charge in [0.25, 0.3) is 0 Å². The number of carbonyl (C=O) groups is 2. The zero-order valence-electron chi connectivity index (χ0n) is 15.1. The molecule has 2 aromatic carbocycles. The van der Waals surface area contributed by atoms with Crippen molar-refractivity contribution in [3.05, 3.63) is 68.7 Å². The fourth-order valence-corrected chi connectivity index (χ4v) is 3.52. The van der Waals surface area contributed by atoms with Gasteiger partial charge in [-0.05, 0) is 41.8 Å². The van der Waals surface area contributed by atoms with E-state index in [0.717, 1.165) is 11.1 Å². The molecule has 0 saturated heterocycles. The highest BCUT2D eigenvalue weighted by Gasteiger charge is 2.28. The molecular formula is C20H21Cl3N2O2. The summed E-state index contributed by atoms with van der Waals surface area (Å²) in [7, 11) is 1.56. The minimum absolute atomic E-state index is 0.138. The minimum Gasteiger partial charge on any atom is -0.357 e. The Hall–Kier alpha value is -1.75. The lowest BCUT2D eigenvalue weighted by Crippen LogP contribution is -2.48. The highest BCUT2D eigenvalue weighted by atomic mass is 35.5. The molecule has 1 N–H and O–H groups in total. The van der Waals surface area contributed by atoms with Crippen LogP contribution in [-0.2, 0) is 22.6 Å². The molecule has 0 saturated carbocycles. The number of carbonyl (C=O) groups excluding carboxylic acids is 2. The van der Waals surface area contributed by atoms with E-state index in [4.69, 9.17) is 34.8 Å². The van der Waals surface area contributed by atoms with Crippen LogP contribution in [0.4, 0.5) is 0 Å². The first-order valence-electron chi connectivity index (χ1n) is 8.55. The van der Waals surface area contributed by atoms with Gasteiger partial charge < -0.3 is 10.2 Å². The van der Waals surface area contributed by atoms with Gasteiger partial charge in [-0.15, -0.1) is 0 Å². The lowest BCUT2D eigenvalue weighted by atomic mass is 10.1. The second kappa shape index (κ2) is 9.98. The summed E-state index contributed by atoms with van der Waals surface area (Å²) in [6.07, 6.45) is 0.616. The first-order chi connectivity index (χ1) is 12.8. The molecule has 1 atom stereocenters. The van der Waals surface area contributed by atoms with Crippen LogP contribution in [0.1, 0.15) is 24.5 Å². The maximum Gasteiger partial charge on any atom is 0.242 e. The maximum atomic E-state index is 13.1. The van der Waals surface area contributed by atoms with Gasteiger partial charge in [-0.3, -0.25) is 9.59 Å². The largest absolute Gasteiger partial charge is 0.357 e. The summed E-state index contributed by atoms with van der Waals surface area (Å²) < 4.78 is 0. The van der Waals surface area contributed by atoms with Crippen molar-refractivity contribution in [1.82, 2.24) is 10.2 Å². The lowest BCUT2D eigenvalue weighted by molar-refractivity contribution is -0.140. The molecular weight excluding hydrogens is 407 g/mol. The van der Waals surface area contributed by atoms with Crippen molar-refractivity contribution in [3.63, 3.8) is 0 Å². The molecule has 2 rings (SSSR count). The Labute approximate surface area is 174 Å². The van der Waals surface area contributed by atoms with Gasteiger partial charge in [0.05, 0.1) is 6.42 Å². The van der Waals surface area contributed by atoms with E-state index in [-0.39, 0.29) is 24.8 Å². The van der Waals surface area contributed by atoms with E-state index in [0.29, 0.717) is 21.5 Å². The molecule has 0 heterocycles. The predicted molar refractivity (Wildman–Crippen MR) is 110 cm³/mol. The van der Waals surface area contributed by atoms with Crippen molar-refractivity contribution >= 4 is 46.6 Å². The molecule has 0 aliphatic heterocycles. The normalized spacial score (nSPS) is 11.7. The highest BCUT2D eigenvalue weighted by Crippen LogP contribution is 2.24. The Morgan fingerprint density at radius 3 is 2.37 bits per heavy atom. The van der Waals surface area contributed by atoms with Crippen LogP contribution in [0.25, 0.3) is 0 Å². The smallest absolute Gasteiger partial charge is 0.242 e. The minimum atomic E-state index is -0.603. The Kier molecular flexibility index (Phi) is 7.96. The summed E-state index contributed by atoms with van der Waals surface area (Å²) >= 11 is 18.3. The number of likely N-dealkylation sites (N-methyl/N-ethyl adjacent to an activating group) is 1. The summed E-state index contributed by atoms with van der Waals surface area (Å²) in [5, 5.41) is 4.15. The van der Waals surface area contributed by atoms with Gasteiger partial charge in [0.2, 0.25) is 11.8 Å². The standard InChI is InChI=1S/C20H21Cl3N2O2/c1-3-18(20(27)24-2)25(12-14-7-8-16(22)11-17(14)23)19(26)10-13-5-4-6-15(21)9-13/h4-9,11,18H,3,10,12H2,1-2H3,(H,24,27)/t18-/m0/s1. The van der Waals surface area contributed by atoms with Crippen LogP contribution < -0.4 is 5.32 Å². The Morgan fingerprint density at radius 1 is 1.07 bits per heavy atom. The van der Waals surface area contributed by atoms with Crippen molar-refractivity contribution in [2.75, 3.05) is 7.05 Å². The van der Waals surface area contributed by atoms with Crippen molar-refractivity contribution in [1.29, 1.82) is 0 Å². The molecule has 7 heteroatoms. The fraction of sp³-hybridized carbons (Fsp3) is 0.300. The van der Waals surface area contributed by atoms with Crippen LogP contribution in [-0.4, -0.2) is 29.8 Å². The molecule has 144 valence electrons. The van der Waals surface area contributed by atoms with Crippen LogP contribution in [0.15, 0.2) is 42.5 Å². The van der Waals surface area contributed by atoms with E-state index < -0.39 is 6.04 Å². The zero-order chi connectivity index (χ0) is 20.0. The van der Waals surface area contributed by atoms with Gasteiger partial charge in [0.1, 0.15) is 6.04 Å². The summed E-state index contributed by atoms with van der Waals surface area (Å²) in [6, 6.07) is 11.6. The average Bonchev–Trinajstić information content (AvgIpc) is 2.62. The lowest BCUT2D eigenvalue weighted by Gasteiger charge is -2.30. The number of halogens is 3. The first-order valence-corrected chi connectivity index (χ1v) is 9.68. The average molecular weight is 428 g/mol. The number of amides is 2. The Balaban J connectivity index is 2.33. The fourth-order valence-electron chi connectivity index (χ4n) is 2.84. The molecule has 27 heavy (non-hydrogen) atoms. The van der Waals surface area contributed by atoms with Crippen LogP contribution in [0.5, 0.6) is 0 Å². The Morgan fingerprint density at radius 2 is 1.78 bits per heavy atom. The second-order valence-corrected chi connectivity index (χ2v) is 7.38. The monoisotopic (exact) mass is 426 g/mol. The van der Waals surface area contributed by atoms with Crippen LogP contribution in [0.2, 0.25) is 15.1 Å². The second-order valence-electron chi connectivity index (χ2n) is 6.10. The molecule has 4 nitrogen and oxygen atoms in total. The molecule has 2 aromatic rings. The first kappa shape index (κ1) is 21.5. The van der Waals surface area contributed by atoms with E-state index in [2.05, 4.69) is 5.32 Å². The van der Waals surface area contributed by atoms with Gasteiger partial charge in [0, 0.05) is 28.7 Å². The third-order valence-corrected chi connectivity index (χ3v) is 5.05. The van der Waals surface area contributed by atoms with Gasteiger partial charge in [-0.1, -0.05) is 59.9 Å². The predicted octanol–water partition coefficient (Wildman–Crippen LogP) is 4.74. The van der Waals surface area contributed by atoms with Crippen LogP contribution >= 0.6 is 34.8 Å². The van der Waals surface area contributed by atoms with E-state index in [1.54, 1.807) is 48.3 Å². The molecule has 0 aliphatic carbocycles. The molecule has 0 fully saturated rings. The SMILES string of the molecule is CC[C@@H](C(=O)NC)N(Cc1ccc(Cl)cc1Cl)C(=O)Cc1cccc(Cl)c1. The van der Waals surface area contributed by atoms with Gasteiger partial charge in [-0.2, -0.15) is 0 Å². The molecule has 0 spiro atoms. The number of hydrogen-bond acceptors (Lipinski definition) is 2. The molecule has 0 unspecified atom stereocenters. The molecule has 2 amide bonds. The molecule has 0 bridgehead atoms. The Bertz CT molecular complexity index is 827. The molecule has 0 aromatic heterocycles.